The molecule has 0 saturated heterocycles. The molecule has 0 fully saturated rings. The SMILES string of the molecule is CC[C@H](C(=O)N[C@@H](C)CC)N(Cc1ccc(F)cc1)C(=O)CN(c1ccc(OC)cc1)S(=O)(=O)c1ccccc1. The molecule has 0 aromatic heterocycles. The third-order valence-electron chi connectivity index (χ3n) is 6.62. The van der Waals surface area contributed by atoms with Gasteiger partial charge < -0.3 is 15.0 Å². The number of methoxy groups -OCH3 is 1. The summed E-state index contributed by atoms with van der Waals surface area (Å²) in [5, 5.41) is 2.93. The minimum atomic E-state index is -4.16. The van der Waals surface area contributed by atoms with Crippen molar-refractivity contribution in [2.24, 2.45) is 0 Å². The first-order chi connectivity index (χ1) is 19.1. The van der Waals surface area contributed by atoms with E-state index in [4.69, 9.17) is 4.74 Å². The van der Waals surface area contributed by atoms with Crippen molar-refractivity contribution in [1.29, 1.82) is 0 Å². The Labute approximate surface area is 235 Å². The van der Waals surface area contributed by atoms with Gasteiger partial charge >= 0.3 is 0 Å². The molecule has 2 amide bonds. The highest BCUT2D eigenvalue weighted by molar-refractivity contribution is 7.92. The molecule has 0 spiro atoms. The summed E-state index contributed by atoms with van der Waals surface area (Å²) < 4.78 is 47.4. The van der Waals surface area contributed by atoms with Crippen LogP contribution in [-0.2, 0) is 26.2 Å². The number of anilines is 1. The monoisotopic (exact) mass is 569 g/mol. The topological polar surface area (TPSA) is 96.0 Å². The van der Waals surface area contributed by atoms with E-state index in [2.05, 4.69) is 5.32 Å². The molecule has 0 aliphatic carbocycles. The van der Waals surface area contributed by atoms with Gasteiger partial charge in [-0.2, -0.15) is 0 Å². The first-order valence-electron chi connectivity index (χ1n) is 13.2. The fourth-order valence-electron chi connectivity index (χ4n) is 4.14. The lowest BCUT2D eigenvalue weighted by Gasteiger charge is -2.33. The number of hydrogen-bond donors (Lipinski definition) is 1. The normalized spacial score (nSPS) is 12.7. The average Bonchev–Trinajstić information content (AvgIpc) is 2.97. The van der Waals surface area contributed by atoms with Gasteiger partial charge in [0.05, 0.1) is 17.7 Å². The lowest BCUT2D eigenvalue weighted by Crippen LogP contribution is -2.53. The van der Waals surface area contributed by atoms with Gasteiger partial charge in [-0.15, -0.1) is 0 Å². The molecule has 3 aromatic rings. The number of sulfonamides is 1. The first kappa shape index (κ1) is 30.6. The summed E-state index contributed by atoms with van der Waals surface area (Å²) in [4.78, 5) is 28.7. The van der Waals surface area contributed by atoms with Crippen LogP contribution < -0.4 is 14.4 Å². The molecule has 10 heteroatoms. The van der Waals surface area contributed by atoms with Gasteiger partial charge in [0, 0.05) is 12.6 Å². The fraction of sp³-hybridized carbons (Fsp3) is 0.333. The fourth-order valence-corrected chi connectivity index (χ4v) is 5.58. The van der Waals surface area contributed by atoms with Crippen LogP contribution >= 0.6 is 0 Å². The molecule has 0 bridgehead atoms. The van der Waals surface area contributed by atoms with Crippen LogP contribution in [0.15, 0.2) is 83.8 Å². The predicted octanol–water partition coefficient (Wildman–Crippen LogP) is 4.75. The van der Waals surface area contributed by atoms with Gasteiger partial charge in [-0.25, -0.2) is 12.8 Å². The van der Waals surface area contributed by atoms with Crippen molar-refractivity contribution in [1.82, 2.24) is 10.2 Å². The Hall–Kier alpha value is -3.92. The number of amides is 2. The van der Waals surface area contributed by atoms with Crippen LogP contribution in [0.1, 0.15) is 39.2 Å². The zero-order chi connectivity index (χ0) is 29.3. The number of carbonyl (C=O) groups is 2. The highest BCUT2D eigenvalue weighted by atomic mass is 32.2. The number of rotatable bonds is 13. The zero-order valence-electron chi connectivity index (χ0n) is 23.2. The number of benzene rings is 3. The maximum atomic E-state index is 14.0. The van der Waals surface area contributed by atoms with Crippen LogP contribution in [0.4, 0.5) is 10.1 Å². The molecule has 0 saturated carbocycles. The molecular weight excluding hydrogens is 533 g/mol. The Morgan fingerprint density at radius 1 is 0.925 bits per heavy atom. The number of hydrogen-bond acceptors (Lipinski definition) is 5. The van der Waals surface area contributed by atoms with E-state index in [1.807, 2.05) is 13.8 Å². The van der Waals surface area contributed by atoms with Gasteiger partial charge in [0.1, 0.15) is 24.2 Å². The van der Waals surface area contributed by atoms with E-state index < -0.39 is 34.3 Å². The number of carbonyl (C=O) groups excluding carboxylic acids is 2. The molecule has 0 radical (unpaired) electrons. The molecule has 3 rings (SSSR count). The minimum absolute atomic E-state index is 0.00656. The Bertz CT molecular complexity index is 1370. The van der Waals surface area contributed by atoms with Gasteiger partial charge in [0.15, 0.2) is 0 Å². The summed E-state index contributed by atoms with van der Waals surface area (Å²) in [7, 11) is -2.66. The van der Waals surface area contributed by atoms with Crippen LogP contribution in [0.5, 0.6) is 5.75 Å². The highest BCUT2D eigenvalue weighted by Gasteiger charge is 2.34. The molecule has 8 nitrogen and oxygen atoms in total. The Morgan fingerprint density at radius 2 is 1.55 bits per heavy atom. The summed E-state index contributed by atoms with van der Waals surface area (Å²) in [6.45, 7) is 5.03. The van der Waals surface area contributed by atoms with E-state index in [-0.39, 0.29) is 29.1 Å². The highest BCUT2D eigenvalue weighted by Crippen LogP contribution is 2.26. The third-order valence-corrected chi connectivity index (χ3v) is 8.41. The van der Waals surface area contributed by atoms with E-state index in [1.165, 1.54) is 48.4 Å². The average molecular weight is 570 g/mol. The number of ether oxygens (including phenoxy) is 1. The zero-order valence-corrected chi connectivity index (χ0v) is 24.0. The van der Waals surface area contributed by atoms with Crippen molar-refractivity contribution in [2.45, 2.75) is 57.1 Å². The molecule has 1 N–H and O–H groups in total. The van der Waals surface area contributed by atoms with Crippen molar-refractivity contribution in [3.8, 4) is 5.75 Å². The lowest BCUT2D eigenvalue weighted by molar-refractivity contribution is -0.140. The molecule has 214 valence electrons. The van der Waals surface area contributed by atoms with Gasteiger partial charge in [0.2, 0.25) is 11.8 Å². The van der Waals surface area contributed by atoms with Crippen molar-refractivity contribution in [3.63, 3.8) is 0 Å². The second kappa shape index (κ2) is 13.9. The summed E-state index contributed by atoms with van der Waals surface area (Å²) in [5.41, 5.74) is 0.864. The molecule has 40 heavy (non-hydrogen) atoms. The molecule has 0 aliphatic heterocycles. The lowest BCUT2D eigenvalue weighted by atomic mass is 10.1. The van der Waals surface area contributed by atoms with Crippen LogP contribution in [0.2, 0.25) is 0 Å². The summed E-state index contributed by atoms with van der Waals surface area (Å²) in [6.07, 6.45) is 0.998. The van der Waals surface area contributed by atoms with E-state index in [0.717, 1.165) is 4.31 Å². The van der Waals surface area contributed by atoms with Crippen molar-refractivity contribution >= 4 is 27.5 Å². The second-order valence-corrected chi connectivity index (χ2v) is 11.3. The largest absolute Gasteiger partial charge is 0.497 e. The first-order valence-corrected chi connectivity index (χ1v) is 14.6. The standard InChI is InChI=1S/C30H36FN3O5S/c1-5-22(3)32-30(36)28(6-2)33(20-23-12-14-24(31)15-13-23)29(35)21-34(25-16-18-26(39-4)19-17-25)40(37,38)27-10-8-7-9-11-27/h7-19,22,28H,5-6,20-21H2,1-4H3,(H,32,36)/t22-,28+/m0/s1. The Morgan fingerprint density at radius 3 is 2.10 bits per heavy atom. The van der Waals surface area contributed by atoms with Crippen LogP contribution in [0.3, 0.4) is 0 Å². The van der Waals surface area contributed by atoms with E-state index in [1.54, 1.807) is 49.4 Å². The van der Waals surface area contributed by atoms with E-state index >= 15 is 0 Å². The van der Waals surface area contributed by atoms with E-state index in [0.29, 0.717) is 24.2 Å². The third kappa shape index (κ3) is 7.59. The van der Waals surface area contributed by atoms with Crippen molar-refractivity contribution in [3.05, 3.63) is 90.2 Å². The molecule has 0 aliphatic rings. The van der Waals surface area contributed by atoms with Gasteiger partial charge in [-0.05, 0) is 73.9 Å². The number of nitrogens with zero attached hydrogens (tertiary/aromatic N) is 2. The van der Waals surface area contributed by atoms with Crippen molar-refractivity contribution in [2.75, 3.05) is 18.0 Å². The molecule has 0 heterocycles. The quantitative estimate of drug-likeness (QED) is 0.321. The van der Waals surface area contributed by atoms with Crippen LogP contribution in [0.25, 0.3) is 0 Å². The minimum Gasteiger partial charge on any atom is -0.497 e. The number of nitrogens with one attached hydrogen (secondary N) is 1. The Balaban J connectivity index is 2.04. The maximum Gasteiger partial charge on any atom is 0.264 e. The molecule has 2 atom stereocenters. The van der Waals surface area contributed by atoms with E-state index in [9.17, 15) is 22.4 Å². The van der Waals surface area contributed by atoms with Gasteiger partial charge in [-0.3, -0.25) is 13.9 Å². The summed E-state index contributed by atoms with van der Waals surface area (Å²) >= 11 is 0. The Kier molecular flexibility index (Phi) is 10.7. The van der Waals surface area contributed by atoms with Gasteiger partial charge in [0.25, 0.3) is 10.0 Å². The molecule has 0 unspecified atom stereocenters. The summed E-state index contributed by atoms with van der Waals surface area (Å²) in [6, 6.07) is 18.8. The van der Waals surface area contributed by atoms with Crippen LogP contribution in [0, 0.1) is 5.82 Å². The molecule has 3 aromatic carbocycles. The predicted molar refractivity (Wildman–Crippen MR) is 153 cm³/mol. The molecular formula is C30H36FN3O5S. The second-order valence-electron chi connectivity index (χ2n) is 9.41. The smallest absolute Gasteiger partial charge is 0.264 e. The van der Waals surface area contributed by atoms with Crippen molar-refractivity contribution < 1.29 is 27.1 Å². The summed E-state index contributed by atoms with van der Waals surface area (Å²) in [5.74, 6) is -0.819. The number of halogens is 1. The maximum absolute atomic E-state index is 14.0. The van der Waals surface area contributed by atoms with Crippen LogP contribution in [-0.4, -0.2) is 50.9 Å². The van der Waals surface area contributed by atoms with Gasteiger partial charge in [-0.1, -0.05) is 44.2 Å².